The van der Waals surface area contributed by atoms with Crippen LogP contribution in [0.1, 0.15) is 51.4 Å². The van der Waals surface area contributed by atoms with Crippen molar-refractivity contribution in [1.82, 2.24) is 14.7 Å². The Kier molecular flexibility index (Phi) is 6.65. The lowest BCUT2D eigenvalue weighted by molar-refractivity contribution is -0.123. The van der Waals surface area contributed by atoms with Crippen LogP contribution in [0.4, 0.5) is 9.52 Å². The highest BCUT2D eigenvalue weighted by atomic mass is 32.1. The molecular formula is C21H29FN4OS. The zero-order chi connectivity index (χ0) is 20.1. The van der Waals surface area contributed by atoms with Crippen molar-refractivity contribution < 1.29 is 9.18 Å². The number of anilines is 1. The molecule has 1 aromatic heterocycles. The molecule has 152 valence electrons. The minimum absolute atomic E-state index is 0.0247. The number of amides is 1. The summed E-state index contributed by atoms with van der Waals surface area (Å²) in [6, 6.07) is 6.48. The Hall–Kier alpha value is -2.02. The van der Waals surface area contributed by atoms with Crippen LogP contribution < -0.4 is 10.2 Å². The molecule has 1 N–H and O–H groups in total. The van der Waals surface area contributed by atoms with Gasteiger partial charge in [0.1, 0.15) is 11.6 Å². The van der Waals surface area contributed by atoms with Gasteiger partial charge in [0, 0.05) is 44.0 Å². The fourth-order valence-electron chi connectivity index (χ4n) is 3.36. The molecule has 0 unspecified atom stereocenters. The Morgan fingerprint density at radius 2 is 1.93 bits per heavy atom. The number of nitrogens with one attached hydrogen (secondary N) is 1. The summed E-state index contributed by atoms with van der Waals surface area (Å²) in [5.41, 5.74) is 1.03. The molecule has 0 aliphatic carbocycles. The molecule has 1 amide bonds. The SMILES string of the molecule is CC(C)(C)CC(=O)NCC1CCN(c2nc(Cc3ccc(F)cc3)ns2)CC1. The second kappa shape index (κ2) is 8.99. The van der Waals surface area contributed by atoms with Crippen molar-refractivity contribution in [3.63, 3.8) is 0 Å². The van der Waals surface area contributed by atoms with Gasteiger partial charge >= 0.3 is 0 Å². The van der Waals surface area contributed by atoms with E-state index in [0.717, 1.165) is 49.0 Å². The molecule has 1 aliphatic heterocycles. The summed E-state index contributed by atoms with van der Waals surface area (Å²) < 4.78 is 17.5. The van der Waals surface area contributed by atoms with Crippen LogP contribution in [-0.2, 0) is 11.2 Å². The van der Waals surface area contributed by atoms with Crippen LogP contribution in [0.2, 0.25) is 0 Å². The molecule has 1 aromatic carbocycles. The lowest BCUT2D eigenvalue weighted by atomic mass is 9.91. The minimum Gasteiger partial charge on any atom is -0.356 e. The lowest BCUT2D eigenvalue weighted by Gasteiger charge is -2.31. The van der Waals surface area contributed by atoms with Gasteiger partial charge < -0.3 is 10.2 Å². The molecule has 3 rings (SSSR count). The van der Waals surface area contributed by atoms with E-state index in [1.165, 1.54) is 23.7 Å². The monoisotopic (exact) mass is 404 g/mol. The third-order valence-electron chi connectivity index (χ3n) is 4.90. The van der Waals surface area contributed by atoms with Crippen molar-refractivity contribution in [2.75, 3.05) is 24.5 Å². The summed E-state index contributed by atoms with van der Waals surface area (Å²) >= 11 is 1.43. The molecule has 0 saturated carbocycles. The molecule has 1 aliphatic rings. The van der Waals surface area contributed by atoms with Gasteiger partial charge in [-0.3, -0.25) is 4.79 Å². The maximum absolute atomic E-state index is 13.0. The van der Waals surface area contributed by atoms with Crippen molar-refractivity contribution in [3.8, 4) is 0 Å². The number of piperidine rings is 1. The van der Waals surface area contributed by atoms with Crippen LogP contribution in [0.5, 0.6) is 0 Å². The number of hydrogen-bond acceptors (Lipinski definition) is 5. The zero-order valence-corrected chi connectivity index (χ0v) is 17.7. The number of benzene rings is 1. The predicted molar refractivity (Wildman–Crippen MR) is 111 cm³/mol. The molecule has 2 aromatic rings. The topological polar surface area (TPSA) is 58.1 Å². The van der Waals surface area contributed by atoms with Crippen LogP contribution >= 0.6 is 11.5 Å². The minimum atomic E-state index is -0.229. The Morgan fingerprint density at radius 3 is 2.57 bits per heavy atom. The first-order valence-corrected chi connectivity index (χ1v) is 10.6. The van der Waals surface area contributed by atoms with E-state index in [4.69, 9.17) is 0 Å². The van der Waals surface area contributed by atoms with E-state index < -0.39 is 0 Å². The van der Waals surface area contributed by atoms with Crippen molar-refractivity contribution in [1.29, 1.82) is 0 Å². The fourth-order valence-corrected chi connectivity index (χ4v) is 4.10. The van der Waals surface area contributed by atoms with Crippen LogP contribution in [0.25, 0.3) is 0 Å². The van der Waals surface area contributed by atoms with Crippen molar-refractivity contribution in [2.24, 2.45) is 11.3 Å². The second-order valence-electron chi connectivity index (χ2n) is 8.77. The van der Waals surface area contributed by atoms with Gasteiger partial charge in [0.05, 0.1) is 0 Å². The summed E-state index contributed by atoms with van der Waals surface area (Å²) in [6.45, 7) is 8.87. The molecule has 0 radical (unpaired) electrons. The number of nitrogens with zero attached hydrogens (tertiary/aromatic N) is 3. The molecule has 0 atom stereocenters. The normalized spacial score (nSPS) is 15.6. The van der Waals surface area contributed by atoms with E-state index in [-0.39, 0.29) is 17.1 Å². The molecule has 5 nitrogen and oxygen atoms in total. The van der Waals surface area contributed by atoms with E-state index in [9.17, 15) is 9.18 Å². The van der Waals surface area contributed by atoms with Gasteiger partial charge in [0.15, 0.2) is 0 Å². The first-order chi connectivity index (χ1) is 13.3. The molecule has 0 spiro atoms. The Morgan fingerprint density at radius 1 is 1.25 bits per heavy atom. The largest absolute Gasteiger partial charge is 0.356 e. The number of aromatic nitrogens is 2. The molecular weight excluding hydrogens is 375 g/mol. The van der Waals surface area contributed by atoms with E-state index in [0.29, 0.717) is 18.8 Å². The van der Waals surface area contributed by atoms with Gasteiger partial charge in [0.25, 0.3) is 0 Å². The average molecular weight is 405 g/mol. The molecule has 2 heterocycles. The van der Waals surface area contributed by atoms with Gasteiger partial charge in [-0.05, 0) is 41.9 Å². The van der Waals surface area contributed by atoms with Crippen molar-refractivity contribution in [3.05, 3.63) is 41.5 Å². The first-order valence-electron chi connectivity index (χ1n) is 9.87. The maximum Gasteiger partial charge on any atom is 0.220 e. The van der Waals surface area contributed by atoms with Crippen LogP contribution in [0.15, 0.2) is 24.3 Å². The smallest absolute Gasteiger partial charge is 0.220 e. The van der Waals surface area contributed by atoms with E-state index >= 15 is 0 Å². The highest BCUT2D eigenvalue weighted by molar-refractivity contribution is 7.09. The molecule has 7 heteroatoms. The number of carbonyl (C=O) groups is 1. The van der Waals surface area contributed by atoms with Crippen LogP contribution in [-0.4, -0.2) is 34.9 Å². The summed E-state index contributed by atoms with van der Waals surface area (Å²) in [7, 11) is 0. The van der Waals surface area contributed by atoms with Gasteiger partial charge in [0.2, 0.25) is 11.0 Å². The first kappa shape index (κ1) is 20.7. The van der Waals surface area contributed by atoms with Gasteiger partial charge in [-0.15, -0.1) is 0 Å². The van der Waals surface area contributed by atoms with E-state index in [1.54, 1.807) is 12.1 Å². The zero-order valence-electron chi connectivity index (χ0n) is 16.9. The highest BCUT2D eigenvalue weighted by Gasteiger charge is 2.23. The summed E-state index contributed by atoms with van der Waals surface area (Å²) in [4.78, 5) is 18.9. The molecule has 1 fully saturated rings. The average Bonchev–Trinajstić information content (AvgIpc) is 3.09. The van der Waals surface area contributed by atoms with Crippen molar-refractivity contribution in [2.45, 2.75) is 46.5 Å². The number of carbonyl (C=O) groups excluding carboxylic acids is 1. The number of hydrogen-bond donors (Lipinski definition) is 1. The Balaban J connectivity index is 1.44. The number of halogens is 1. The van der Waals surface area contributed by atoms with Gasteiger partial charge in [-0.25, -0.2) is 9.37 Å². The molecule has 0 bridgehead atoms. The van der Waals surface area contributed by atoms with Gasteiger partial charge in [-0.1, -0.05) is 32.9 Å². The van der Waals surface area contributed by atoms with Crippen LogP contribution in [0, 0.1) is 17.2 Å². The highest BCUT2D eigenvalue weighted by Crippen LogP contribution is 2.25. The Bertz CT molecular complexity index is 776. The molecule has 28 heavy (non-hydrogen) atoms. The van der Waals surface area contributed by atoms with E-state index in [2.05, 4.69) is 40.3 Å². The van der Waals surface area contributed by atoms with Gasteiger partial charge in [-0.2, -0.15) is 4.37 Å². The van der Waals surface area contributed by atoms with Crippen molar-refractivity contribution >= 4 is 22.6 Å². The quantitative estimate of drug-likeness (QED) is 0.790. The summed E-state index contributed by atoms with van der Waals surface area (Å²) in [6.07, 6.45) is 3.27. The van der Waals surface area contributed by atoms with Crippen LogP contribution in [0.3, 0.4) is 0 Å². The predicted octanol–water partition coefficient (Wildman–Crippen LogP) is 4.04. The summed E-state index contributed by atoms with van der Waals surface area (Å²) in [5.74, 6) is 1.22. The Labute approximate surface area is 170 Å². The third-order valence-corrected chi connectivity index (χ3v) is 5.71. The third kappa shape index (κ3) is 6.26. The second-order valence-corrected chi connectivity index (χ2v) is 9.50. The molecule has 1 saturated heterocycles. The fraction of sp³-hybridized carbons (Fsp3) is 0.571. The summed E-state index contributed by atoms with van der Waals surface area (Å²) in [5, 5.41) is 4.04. The maximum atomic E-state index is 13.0. The lowest BCUT2D eigenvalue weighted by Crippen LogP contribution is -2.39. The van der Waals surface area contributed by atoms with E-state index in [1.807, 2.05) is 0 Å². The number of rotatable bonds is 6. The standard InChI is InChI=1S/C21H29FN4OS/c1-21(2,3)13-19(27)23-14-16-8-10-26(11-9-16)20-24-18(25-28-20)12-15-4-6-17(22)7-5-15/h4-7,16H,8-14H2,1-3H3,(H,23,27).